The fraction of sp³-hybridized carbons (Fsp3) is 0.370. The lowest BCUT2D eigenvalue weighted by Gasteiger charge is -2.24. The van der Waals surface area contributed by atoms with Gasteiger partial charge in [-0.15, -0.1) is 0 Å². The van der Waals surface area contributed by atoms with Crippen molar-refractivity contribution >= 4 is 23.3 Å². The second-order valence-corrected chi connectivity index (χ2v) is 8.72. The van der Waals surface area contributed by atoms with E-state index in [0.29, 0.717) is 17.9 Å². The second kappa shape index (κ2) is 12.1. The van der Waals surface area contributed by atoms with Gasteiger partial charge in [-0.2, -0.15) is 0 Å². The number of carbonyl (C=O) groups excluding carboxylic acids is 3. The van der Waals surface area contributed by atoms with E-state index in [0.717, 1.165) is 23.2 Å². The van der Waals surface area contributed by atoms with Crippen LogP contribution in [-0.2, 0) is 9.59 Å². The topological polar surface area (TPSA) is 122 Å². The van der Waals surface area contributed by atoms with E-state index in [1.807, 2.05) is 24.3 Å². The van der Waals surface area contributed by atoms with Crippen LogP contribution in [0.1, 0.15) is 60.5 Å². The van der Waals surface area contributed by atoms with E-state index in [1.54, 1.807) is 31.2 Å². The first kappa shape index (κ1) is 25.2. The van der Waals surface area contributed by atoms with Crippen LogP contribution in [0, 0.1) is 17.8 Å². The quantitative estimate of drug-likeness (QED) is 0.428. The summed E-state index contributed by atoms with van der Waals surface area (Å²) in [6.45, 7) is 0.905. The number of aliphatic hydroxyl groups is 1. The highest BCUT2D eigenvalue weighted by atomic mass is 16.3. The molecule has 0 spiro atoms. The van der Waals surface area contributed by atoms with E-state index in [4.69, 9.17) is 10.8 Å². The minimum atomic E-state index is -0.951. The van der Waals surface area contributed by atoms with Crippen LogP contribution in [-0.4, -0.2) is 41.4 Å². The number of benzene rings is 2. The van der Waals surface area contributed by atoms with Crippen LogP contribution in [0.3, 0.4) is 0 Å². The lowest BCUT2D eigenvalue weighted by Crippen LogP contribution is -2.52. The molecule has 0 heterocycles. The maximum Gasteiger partial charge on any atom is 0.251 e. The smallest absolute Gasteiger partial charge is 0.251 e. The number of hydrogen-bond donors (Lipinski definition) is 4. The molecule has 1 aliphatic rings. The van der Waals surface area contributed by atoms with Gasteiger partial charge in [-0.25, -0.2) is 0 Å². The van der Waals surface area contributed by atoms with Crippen molar-refractivity contribution in [3.05, 3.63) is 65.2 Å². The third-order valence-corrected chi connectivity index (χ3v) is 5.99. The molecule has 2 aromatic carbocycles. The summed E-state index contributed by atoms with van der Waals surface area (Å²) in [4.78, 5) is 36.2. The zero-order valence-corrected chi connectivity index (χ0v) is 19.3. The lowest BCUT2D eigenvalue weighted by atomic mass is 9.82. The molecule has 2 atom stereocenters. The Labute approximate surface area is 200 Å². The standard InChI is InChI=1S/C27H31N3O4/c1-18(28)26(24(32)17-31)30-27(34)22-12-7-20(8-13-22)5-6-21-9-14-23(15-10-21)29-25(33)16-11-19-3-2-4-19/h7-10,12-15,18-19,26,31H,2-4,11,16-17,28H2,1H3,(H,29,33)(H,30,34)/t18-,26+/m1/s1. The molecule has 7 heteroatoms. The van der Waals surface area contributed by atoms with Crippen molar-refractivity contribution in [2.45, 2.75) is 51.1 Å². The second-order valence-electron chi connectivity index (χ2n) is 8.72. The third kappa shape index (κ3) is 7.27. The monoisotopic (exact) mass is 461 g/mol. The fourth-order valence-corrected chi connectivity index (χ4v) is 3.65. The molecule has 7 nitrogen and oxygen atoms in total. The minimum Gasteiger partial charge on any atom is -0.388 e. The van der Waals surface area contributed by atoms with Gasteiger partial charge >= 0.3 is 0 Å². The zero-order chi connectivity index (χ0) is 24.5. The van der Waals surface area contributed by atoms with E-state index >= 15 is 0 Å². The van der Waals surface area contributed by atoms with Crippen LogP contribution in [0.5, 0.6) is 0 Å². The molecule has 0 unspecified atom stereocenters. The molecule has 0 aromatic heterocycles. The number of aliphatic hydroxyl groups excluding tert-OH is 1. The number of ketones is 1. The minimum absolute atomic E-state index is 0.0443. The van der Waals surface area contributed by atoms with Crippen molar-refractivity contribution in [1.29, 1.82) is 0 Å². The molecule has 0 bridgehead atoms. The lowest BCUT2D eigenvalue weighted by molar-refractivity contribution is -0.124. The summed E-state index contributed by atoms with van der Waals surface area (Å²) in [5, 5.41) is 14.5. The summed E-state index contributed by atoms with van der Waals surface area (Å²) in [7, 11) is 0. The van der Waals surface area contributed by atoms with Crippen molar-refractivity contribution < 1.29 is 19.5 Å². The number of amides is 2. The molecule has 0 radical (unpaired) electrons. The normalized spacial score (nSPS) is 14.7. The van der Waals surface area contributed by atoms with E-state index < -0.39 is 30.4 Å². The molecule has 1 aliphatic carbocycles. The van der Waals surface area contributed by atoms with Crippen LogP contribution in [0.25, 0.3) is 0 Å². The van der Waals surface area contributed by atoms with Crippen molar-refractivity contribution in [1.82, 2.24) is 5.32 Å². The van der Waals surface area contributed by atoms with Gasteiger partial charge in [0.15, 0.2) is 5.78 Å². The van der Waals surface area contributed by atoms with Crippen LogP contribution in [0.15, 0.2) is 48.5 Å². The molecular formula is C27H31N3O4. The van der Waals surface area contributed by atoms with E-state index in [9.17, 15) is 14.4 Å². The van der Waals surface area contributed by atoms with Gasteiger partial charge in [-0.3, -0.25) is 14.4 Å². The number of nitrogens with two attached hydrogens (primary N) is 1. The van der Waals surface area contributed by atoms with Crippen LogP contribution >= 0.6 is 0 Å². The van der Waals surface area contributed by atoms with Gasteiger partial charge in [0.05, 0.1) is 0 Å². The Morgan fingerprint density at radius 1 is 1.03 bits per heavy atom. The summed E-state index contributed by atoms with van der Waals surface area (Å²) < 4.78 is 0. The Hall–Kier alpha value is -3.47. The maximum atomic E-state index is 12.4. The predicted molar refractivity (Wildman–Crippen MR) is 131 cm³/mol. The number of hydrogen-bond acceptors (Lipinski definition) is 5. The molecule has 34 heavy (non-hydrogen) atoms. The molecular weight excluding hydrogens is 430 g/mol. The molecule has 178 valence electrons. The van der Waals surface area contributed by atoms with Gasteiger partial charge in [-0.05, 0) is 67.8 Å². The van der Waals surface area contributed by atoms with Crippen molar-refractivity contribution in [3.8, 4) is 11.8 Å². The summed E-state index contributed by atoms with van der Waals surface area (Å²) >= 11 is 0. The Morgan fingerprint density at radius 3 is 2.12 bits per heavy atom. The summed E-state index contributed by atoms with van der Waals surface area (Å²) in [5.74, 6) is 5.88. The summed E-state index contributed by atoms with van der Waals surface area (Å²) in [6.07, 6.45) is 5.30. The number of rotatable bonds is 9. The summed E-state index contributed by atoms with van der Waals surface area (Å²) in [5.41, 5.74) is 8.38. The van der Waals surface area contributed by atoms with Crippen LogP contribution < -0.4 is 16.4 Å². The molecule has 1 saturated carbocycles. The Balaban J connectivity index is 1.53. The molecule has 3 rings (SSSR count). The average Bonchev–Trinajstić information content (AvgIpc) is 2.80. The highest BCUT2D eigenvalue weighted by Gasteiger charge is 2.24. The Morgan fingerprint density at radius 2 is 1.62 bits per heavy atom. The highest BCUT2D eigenvalue weighted by molar-refractivity contribution is 5.98. The van der Waals surface area contributed by atoms with Crippen molar-refractivity contribution in [2.75, 3.05) is 11.9 Å². The Kier molecular flexibility index (Phi) is 8.97. The first-order valence-electron chi connectivity index (χ1n) is 11.6. The molecule has 2 amide bonds. The number of carbonyl (C=O) groups is 3. The third-order valence-electron chi connectivity index (χ3n) is 5.99. The molecule has 2 aromatic rings. The van der Waals surface area contributed by atoms with Crippen LogP contribution in [0.4, 0.5) is 5.69 Å². The first-order chi connectivity index (χ1) is 16.4. The number of Topliss-reactive ketones (excluding diaryl/α,β-unsaturated/α-hetero) is 1. The molecule has 1 fully saturated rings. The predicted octanol–water partition coefficient (Wildman–Crippen LogP) is 2.61. The molecule has 0 aliphatic heterocycles. The van der Waals surface area contributed by atoms with Crippen LogP contribution in [0.2, 0.25) is 0 Å². The van der Waals surface area contributed by atoms with Gasteiger partial charge in [-0.1, -0.05) is 31.1 Å². The van der Waals surface area contributed by atoms with Crippen molar-refractivity contribution in [3.63, 3.8) is 0 Å². The van der Waals surface area contributed by atoms with Gasteiger partial charge < -0.3 is 21.5 Å². The number of nitrogens with one attached hydrogen (secondary N) is 2. The fourth-order valence-electron chi connectivity index (χ4n) is 3.65. The Bertz CT molecular complexity index is 1060. The summed E-state index contributed by atoms with van der Waals surface area (Å²) in [6, 6.07) is 12.5. The first-order valence-corrected chi connectivity index (χ1v) is 11.6. The SMILES string of the molecule is C[C@@H](N)[C@H](NC(=O)c1ccc(C#Cc2ccc(NC(=O)CCC3CCC3)cc2)cc1)C(=O)CO. The van der Waals surface area contributed by atoms with Gasteiger partial charge in [0, 0.05) is 34.8 Å². The maximum absolute atomic E-state index is 12.4. The van der Waals surface area contributed by atoms with E-state index in [1.165, 1.54) is 19.3 Å². The highest BCUT2D eigenvalue weighted by Crippen LogP contribution is 2.30. The van der Waals surface area contributed by atoms with E-state index in [-0.39, 0.29) is 5.91 Å². The molecule has 5 N–H and O–H groups in total. The van der Waals surface area contributed by atoms with Crippen molar-refractivity contribution in [2.24, 2.45) is 11.7 Å². The van der Waals surface area contributed by atoms with Gasteiger partial charge in [0.2, 0.25) is 5.91 Å². The molecule has 0 saturated heterocycles. The number of anilines is 1. The van der Waals surface area contributed by atoms with Gasteiger partial charge in [0.25, 0.3) is 5.91 Å². The largest absolute Gasteiger partial charge is 0.388 e. The van der Waals surface area contributed by atoms with Gasteiger partial charge in [0.1, 0.15) is 12.6 Å². The zero-order valence-electron chi connectivity index (χ0n) is 19.3. The average molecular weight is 462 g/mol. The van der Waals surface area contributed by atoms with E-state index in [2.05, 4.69) is 22.5 Å².